The Bertz CT molecular complexity index is 622. The van der Waals surface area contributed by atoms with Gasteiger partial charge in [-0.3, -0.25) is 4.79 Å². The Labute approximate surface area is 133 Å². The third kappa shape index (κ3) is 4.57. The van der Waals surface area contributed by atoms with E-state index in [4.69, 9.17) is 0 Å². The number of carbonyl (C=O) groups is 1. The van der Waals surface area contributed by atoms with Gasteiger partial charge in [0.25, 0.3) is 5.91 Å². The zero-order valence-electron chi connectivity index (χ0n) is 13.5. The first kappa shape index (κ1) is 17.0. The minimum atomic E-state index is -3.05. The summed E-state index contributed by atoms with van der Waals surface area (Å²) in [4.78, 5) is 12.3. The maximum atomic E-state index is 12.3. The number of nitrogens with one attached hydrogen (secondary N) is 1. The van der Waals surface area contributed by atoms with E-state index < -0.39 is 9.84 Å². The topological polar surface area (TPSA) is 63.2 Å². The highest BCUT2D eigenvalue weighted by atomic mass is 32.2. The number of benzene rings is 1. The zero-order valence-corrected chi connectivity index (χ0v) is 14.3. The Balaban J connectivity index is 2.01. The molecule has 0 radical (unpaired) electrons. The first-order valence-corrected chi connectivity index (χ1v) is 9.90. The highest BCUT2D eigenvalue weighted by molar-refractivity contribution is 7.89. The molecular weight excluding hydrogens is 298 g/mol. The van der Waals surface area contributed by atoms with E-state index in [9.17, 15) is 13.2 Å². The van der Waals surface area contributed by atoms with Gasteiger partial charge >= 0.3 is 0 Å². The van der Waals surface area contributed by atoms with E-state index in [1.54, 1.807) is 24.3 Å². The SMILES string of the molecule is CC1CCCC(NC(=O)c2ccc(CS(C)(=O)=O)cc2)C1C. The lowest BCUT2D eigenvalue weighted by Crippen LogP contribution is -2.43. The van der Waals surface area contributed by atoms with Crippen LogP contribution < -0.4 is 5.32 Å². The molecule has 3 unspecified atom stereocenters. The summed E-state index contributed by atoms with van der Waals surface area (Å²) in [7, 11) is -3.05. The van der Waals surface area contributed by atoms with Crippen LogP contribution in [0.25, 0.3) is 0 Å². The largest absolute Gasteiger partial charge is 0.349 e. The number of rotatable bonds is 4. The van der Waals surface area contributed by atoms with E-state index in [0.717, 1.165) is 12.8 Å². The molecule has 5 heteroatoms. The van der Waals surface area contributed by atoms with Crippen molar-refractivity contribution < 1.29 is 13.2 Å². The molecule has 0 spiro atoms. The van der Waals surface area contributed by atoms with Gasteiger partial charge in [-0.15, -0.1) is 0 Å². The summed E-state index contributed by atoms with van der Waals surface area (Å²) in [5.74, 6) is 1.06. The van der Waals surface area contributed by atoms with Crippen LogP contribution in [-0.4, -0.2) is 26.6 Å². The highest BCUT2D eigenvalue weighted by Crippen LogP contribution is 2.29. The predicted molar refractivity (Wildman–Crippen MR) is 88.4 cm³/mol. The fourth-order valence-electron chi connectivity index (χ4n) is 3.09. The normalized spacial score (nSPS) is 25.7. The van der Waals surface area contributed by atoms with Gasteiger partial charge in [-0.2, -0.15) is 0 Å². The van der Waals surface area contributed by atoms with E-state index in [1.165, 1.54) is 12.7 Å². The second kappa shape index (κ2) is 6.82. The van der Waals surface area contributed by atoms with Crippen LogP contribution in [-0.2, 0) is 15.6 Å². The molecule has 0 saturated heterocycles. The lowest BCUT2D eigenvalue weighted by Gasteiger charge is -2.34. The van der Waals surface area contributed by atoms with Crippen molar-refractivity contribution in [1.82, 2.24) is 5.32 Å². The van der Waals surface area contributed by atoms with Crippen molar-refractivity contribution >= 4 is 15.7 Å². The van der Waals surface area contributed by atoms with Gasteiger partial charge in [-0.05, 0) is 36.0 Å². The van der Waals surface area contributed by atoms with Crippen LogP contribution in [0.2, 0.25) is 0 Å². The molecule has 1 N–H and O–H groups in total. The Morgan fingerprint density at radius 1 is 1.18 bits per heavy atom. The van der Waals surface area contributed by atoms with Crippen molar-refractivity contribution in [3.8, 4) is 0 Å². The Hall–Kier alpha value is -1.36. The molecule has 4 nitrogen and oxygen atoms in total. The fourth-order valence-corrected chi connectivity index (χ4v) is 3.89. The van der Waals surface area contributed by atoms with Gasteiger partial charge < -0.3 is 5.32 Å². The standard InChI is InChI=1S/C17H25NO3S/c1-12-5-4-6-16(13(12)2)18-17(19)15-9-7-14(8-10-15)11-22(3,20)21/h7-10,12-13,16H,4-6,11H2,1-3H3,(H,18,19). The van der Waals surface area contributed by atoms with Gasteiger partial charge in [-0.1, -0.05) is 38.8 Å². The molecule has 122 valence electrons. The molecule has 1 aliphatic carbocycles. The number of hydrogen-bond donors (Lipinski definition) is 1. The van der Waals surface area contributed by atoms with E-state index >= 15 is 0 Å². The lowest BCUT2D eigenvalue weighted by atomic mass is 9.78. The van der Waals surface area contributed by atoms with Gasteiger partial charge in [-0.25, -0.2) is 8.42 Å². The molecule has 3 atom stereocenters. The molecule has 0 aliphatic heterocycles. The maximum absolute atomic E-state index is 12.3. The first-order chi connectivity index (χ1) is 10.3. The van der Waals surface area contributed by atoms with Crippen LogP contribution in [0.15, 0.2) is 24.3 Å². The molecule has 2 rings (SSSR count). The Morgan fingerprint density at radius 3 is 2.41 bits per heavy atom. The quantitative estimate of drug-likeness (QED) is 0.926. The summed E-state index contributed by atoms with van der Waals surface area (Å²) in [6.45, 7) is 4.44. The van der Waals surface area contributed by atoms with Crippen molar-refractivity contribution in [2.45, 2.75) is 44.9 Å². The lowest BCUT2D eigenvalue weighted by molar-refractivity contribution is 0.0891. The second-order valence-corrected chi connectivity index (χ2v) is 8.75. The minimum absolute atomic E-state index is 0.00602. The Kier molecular flexibility index (Phi) is 5.27. The summed E-state index contributed by atoms with van der Waals surface area (Å²) in [6.07, 6.45) is 4.63. The molecule has 22 heavy (non-hydrogen) atoms. The van der Waals surface area contributed by atoms with E-state index in [0.29, 0.717) is 23.0 Å². The van der Waals surface area contributed by atoms with Crippen LogP contribution in [0, 0.1) is 11.8 Å². The van der Waals surface area contributed by atoms with Crippen LogP contribution in [0.3, 0.4) is 0 Å². The third-order valence-corrected chi connectivity index (χ3v) is 5.53. The third-order valence-electron chi connectivity index (χ3n) is 4.67. The first-order valence-electron chi connectivity index (χ1n) is 7.84. The molecule has 1 aliphatic rings. The molecule has 1 amide bonds. The zero-order chi connectivity index (χ0) is 16.3. The molecule has 0 heterocycles. The summed E-state index contributed by atoms with van der Waals surface area (Å²) in [6, 6.07) is 7.05. The van der Waals surface area contributed by atoms with Crippen LogP contribution >= 0.6 is 0 Å². The average molecular weight is 323 g/mol. The molecular formula is C17H25NO3S. The highest BCUT2D eigenvalue weighted by Gasteiger charge is 2.28. The summed E-state index contributed by atoms with van der Waals surface area (Å²) >= 11 is 0. The monoisotopic (exact) mass is 323 g/mol. The second-order valence-electron chi connectivity index (χ2n) is 6.61. The van der Waals surface area contributed by atoms with E-state index in [1.807, 2.05) is 0 Å². The molecule has 0 aromatic heterocycles. The van der Waals surface area contributed by atoms with Gasteiger partial charge in [0, 0.05) is 17.9 Å². The van der Waals surface area contributed by atoms with Crippen molar-refractivity contribution in [3.63, 3.8) is 0 Å². The fraction of sp³-hybridized carbons (Fsp3) is 0.588. The summed E-state index contributed by atoms with van der Waals surface area (Å²) in [5.41, 5.74) is 1.29. The van der Waals surface area contributed by atoms with Gasteiger partial charge in [0.05, 0.1) is 5.75 Å². The van der Waals surface area contributed by atoms with Crippen LogP contribution in [0.1, 0.15) is 49.0 Å². The summed E-state index contributed by atoms with van der Waals surface area (Å²) in [5, 5.41) is 3.13. The van der Waals surface area contributed by atoms with Gasteiger partial charge in [0.1, 0.15) is 0 Å². The number of hydrogen-bond acceptors (Lipinski definition) is 3. The Morgan fingerprint density at radius 2 is 1.82 bits per heavy atom. The molecule has 1 saturated carbocycles. The van der Waals surface area contributed by atoms with Crippen molar-refractivity contribution in [2.75, 3.05) is 6.26 Å². The maximum Gasteiger partial charge on any atom is 0.251 e. The minimum Gasteiger partial charge on any atom is -0.349 e. The average Bonchev–Trinajstić information content (AvgIpc) is 2.43. The number of sulfone groups is 1. The molecule has 0 bridgehead atoms. The van der Waals surface area contributed by atoms with E-state index in [2.05, 4.69) is 19.2 Å². The smallest absolute Gasteiger partial charge is 0.251 e. The number of amides is 1. The van der Waals surface area contributed by atoms with Crippen LogP contribution in [0.4, 0.5) is 0 Å². The molecule has 1 fully saturated rings. The predicted octanol–water partition coefficient (Wildman–Crippen LogP) is 2.79. The van der Waals surface area contributed by atoms with Crippen LogP contribution in [0.5, 0.6) is 0 Å². The van der Waals surface area contributed by atoms with Crippen molar-refractivity contribution in [3.05, 3.63) is 35.4 Å². The molecule has 1 aromatic carbocycles. The van der Waals surface area contributed by atoms with Crippen molar-refractivity contribution in [1.29, 1.82) is 0 Å². The number of carbonyl (C=O) groups excluding carboxylic acids is 1. The van der Waals surface area contributed by atoms with Gasteiger partial charge in [0.15, 0.2) is 9.84 Å². The van der Waals surface area contributed by atoms with Crippen molar-refractivity contribution in [2.24, 2.45) is 11.8 Å². The van der Waals surface area contributed by atoms with E-state index in [-0.39, 0.29) is 17.7 Å². The molecule has 1 aromatic rings. The van der Waals surface area contributed by atoms with Gasteiger partial charge in [0.2, 0.25) is 0 Å². The summed E-state index contributed by atoms with van der Waals surface area (Å²) < 4.78 is 22.5.